The highest BCUT2D eigenvalue weighted by atomic mass is 32.2. The van der Waals surface area contributed by atoms with Crippen LogP contribution in [-0.2, 0) is 5.41 Å². The molecule has 0 radical (unpaired) electrons. The van der Waals surface area contributed by atoms with Gasteiger partial charge >= 0.3 is 0 Å². The molecule has 1 nitrogen and oxygen atoms in total. The van der Waals surface area contributed by atoms with Crippen LogP contribution in [0, 0.1) is 0 Å². The largest absolute Gasteiger partial charge is 0.264 e. The van der Waals surface area contributed by atoms with Crippen LogP contribution in [-0.4, -0.2) is 4.98 Å². The Morgan fingerprint density at radius 2 is 1.31 bits per heavy atom. The fraction of sp³-hybridized carbons (Fsp3) is 0.121. The molecule has 0 aliphatic rings. The zero-order valence-corrected chi connectivity index (χ0v) is 21.1. The number of pyridine rings is 1. The summed E-state index contributed by atoms with van der Waals surface area (Å²) in [6.45, 7) is 6.78. The summed E-state index contributed by atoms with van der Waals surface area (Å²) in [6, 6.07) is 35.3. The second-order valence-corrected chi connectivity index (χ2v) is 11.2. The third-order valence-corrected chi connectivity index (χ3v) is 7.91. The fourth-order valence-corrected chi connectivity index (χ4v) is 5.97. The van der Waals surface area contributed by atoms with E-state index in [1.54, 1.807) is 0 Å². The highest BCUT2D eigenvalue weighted by molar-refractivity contribution is 7.99. The molecule has 1 aromatic heterocycles. The van der Waals surface area contributed by atoms with Gasteiger partial charge in [0.25, 0.3) is 0 Å². The van der Waals surface area contributed by atoms with E-state index < -0.39 is 0 Å². The van der Waals surface area contributed by atoms with Crippen LogP contribution >= 0.6 is 11.8 Å². The van der Waals surface area contributed by atoms with Crippen molar-refractivity contribution in [2.24, 2.45) is 0 Å². The van der Waals surface area contributed by atoms with Crippen LogP contribution in [0.2, 0.25) is 0 Å². The summed E-state index contributed by atoms with van der Waals surface area (Å²) in [5.41, 5.74) is 3.98. The van der Waals surface area contributed by atoms with Crippen molar-refractivity contribution in [2.75, 3.05) is 0 Å². The molecule has 0 unspecified atom stereocenters. The first kappa shape index (κ1) is 21.9. The number of nitrogens with zero attached hydrogens (tertiary/aromatic N) is 1. The second-order valence-electron chi connectivity index (χ2n) is 10.1. The molecule has 1 heterocycles. The Labute approximate surface area is 210 Å². The maximum Gasteiger partial charge on any atom is 0.0353 e. The van der Waals surface area contributed by atoms with E-state index in [1.165, 1.54) is 58.8 Å². The van der Waals surface area contributed by atoms with Gasteiger partial charge in [-0.15, -0.1) is 0 Å². The minimum absolute atomic E-state index is 0.149. The monoisotopic (exact) mass is 469 g/mol. The highest BCUT2D eigenvalue weighted by Gasteiger charge is 2.17. The Balaban J connectivity index is 1.58. The summed E-state index contributed by atoms with van der Waals surface area (Å²) in [7, 11) is 0. The number of rotatable bonds is 3. The maximum atomic E-state index is 4.55. The zero-order chi connectivity index (χ0) is 24.0. The van der Waals surface area contributed by atoms with E-state index in [4.69, 9.17) is 0 Å². The highest BCUT2D eigenvalue weighted by Crippen LogP contribution is 2.45. The van der Waals surface area contributed by atoms with Gasteiger partial charge in [-0.25, -0.2) is 0 Å². The smallest absolute Gasteiger partial charge is 0.0353 e. The summed E-state index contributed by atoms with van der Waals surface area (Å²) >= 11 is 1.84. The lowest BCUT2D eigenvalue weighted by Gasteiger charge is -2.20. The average molecular weight is 470 g/mol. The van der Waals surface area contributed by atoms with Gasteiger partial charge in [0.2, 0.25) is 0 Å². The van der Waals surface area contributed by atoms with E-state index >= 15 is 0 Å². The van der Waals surface area contributed by atoms with Gasteiger partial charge in [0.15, 0.2) is 0 Å². The molecule has 170 valence electrons. The van der Waals surface area contributed by atoms with Crippen molar-refractivity contribution in [1.29, 1.82) is 0 Å². The number of fused-ring (bicyclic) bond motifs is 3. The molecule has 0 spiro atoms. The SMILES string of the molecule is CC(C)(C)c1ccc(Sc2c3ccccc3c(-c3ccc4ccccc4c3)c3cnccc23)cc1. The fourth-order valence-electron chi connectivity index (χ4n) is 4.89. The maximum absolute atomic E-state index is 4.55. The molecular formula is C33H27NS. The normalized spacial score (nSPS) is 12.0. The van der Waals surface area contributed by atoms with Gasteiger partial charge in [0, 0.05) is 27.6 Å². The Kier molecular flexibility index (Phi) is 5.35. The van der Waals surface area contributed by atoms with Gasteiger partial charge in [0.1, 0.15) is 0 Å². The summed E-state index contributed by atoms with van der Waals surface area (Å²) < 4.78 is 0. The van der Waals surface area contributed by atoms with Crippen molar-refractivity contribution < 1.29 is 0 Å². The average Bonchev–Trinajstić information content (AvgIpc) is 2.88. The van der Waals surface area contributed by atoms with E-state index in [9.17, 15) is 0 Å². The third kappa shape index (κ3) is 3.98. The molecule has 0 aliphatic heterocycles. The topological polar surface area (TPSA) is 12.9 Å². The zero-order valence-electron chi connectivity index (χ0n) is 20.2. The molecule has 0 bridgehead atoms. The molecule has 0 aliphatic carbocycles. The van der Waals surface area contributed by atoms with Crippen molar-refractivity contribution in [3.05, 3.63) is 115 Å². The molecule has 0 N–H and O–H groups in total. The summed E-state index contributed by atoms with van der Waals surface area (Å²) in [5, 5.41) is 7.48. The van der Waals surface area contributed by atoms with Crippen molar-refractivity contribution in [3.63, 3.8) is 0 Å². The van der Waals surface area contributed by atoms with Crippen LogP contribution < -0.4 is 0 Å². The number of aromatic nitrogens is 1. The van der Waals surface area contributed by atoms with E-state index in [0.717, 1.165) is 0 Å². The van der Waals surface area contributed by atoms with Crippen LogP contribution in [0.5, 0.6) is 0 Å². The van der Waals surface area contributed by atoms with Crippen LogP contribution in [0.1, 0.15) is 26.3 Å². The lowest BCUT2D eigenvalue weighted by atomic mass is 9.87. The molecule has 0 saturated carbocycles. The Morgan fingerprint density at radius 3 is 2.09 bits per heavy atom. The molecular weight excluding hydrogens is 442 g/mol. The van der Waals surface area contributed by atoms with Crippen molar-refractivity contribution in [1.82, 2.24) is 4.98 Å². The number of hydrogen-bond acceptors (Lipinski definition) is 2. The van der Waals surface area contributed by atoms with Crippen molar-refractivity contribution >= 4 is 44.1 Å². The quantitative estimate of drug-likeness (QED) is 0.239. The first-order chi connectivity index (χ1) is 17.0. The molecule has 0 saturated heterocycles. The van der Waals surface area contributed by atoms with E-state index in [2.05, 4.69) is 123 Å². The molecule has 6 rings (SSSR count). The number of hydrogen-bond donors (Lipinski definition) is 0. The second kappa shape index (κ2) is 8.55. The predicted molar refractivity (Wildman–Crippen MR) is 151 cm³/mol. The Hall–Kier alpha value is -3.62. The van der Waals surface area contributed by atoms with Gasteiger partial charge in [-0.1, -0.05) is 105 Å². The molecule has 35 heavy (non-hydrogen) atoms. The molecule has 0 amide bonds. The summed E-state index contributed by atoms with van der Waals surface area (Å²) in [4.78, 5) is 7.08. The van der Waals surface area contributed by atoms with Crippen LogP contribution in [0.4, 0.5) is 0 Å². The Morgan fingerprint density at radius 1 is 0.629 bits per heavy atom. The van der Waals surface area contributed by atoms with Crippen LogP contribution in [0.3, 0.4) is 0 Å². The first-order valence-electron chi connectivity index (χ1n) is 12.0. The van der Waals surface area contributed by atoms with E-state index in [-0.39, 0.29) is 5.41 Å². The number of benzene rings is 5. The lowest BCUT2D eigenvalue weighted by Crippen LogP contribution is -2.10. The third-order valence-electron chi connectivity index (χ3n) is 6.75. The van der Waals surface area contributed by atoms with Crippen molar-refractivity contribution in [2.45, 2.75) is 36.0 Å². The van der Waals surface area contributed by atoms with E-state index in [1.807, 2.05) is 24.2 Å². The molecule has 6 aromatic rings. The Bertz CT molecular complexity index is 1630. The first-order valence-corrected chi connectivity index (χ1v) is 12.9. The van der Waals surface area contributed by atoms with Crippen LogP contribution in [0.25, 0.3) is 43.4 Å². The molecule has 0 fully saturated rings. The standard InChI is InChI=1S/C33H27NS/c1-33(2,3)25-14-16-26(17-15-25)35-32-28-11-7-6-10-27(28)31(30-21-34-19-18-29(30)32)24-13-12-22-8-4-5-9-23(22)20-24/h4-21H,1-3H3. The molecule has 0 atom stereocenters. The minimum Gasteiger partial charge on any atom is -0.264 e. The molecule has 2 heteroatoms. The van der Waals surface area contributed by atoms with Gasteiger partial charge < -0.3 is 0 Å². The van der Waals surface area contributed by atoms with Gasteiger partial charge in [-0.3, -0.25) is 4.98 Å². The summed E-state index contributed by atoms with van der Waals surface area (Å²) in [6.07, 6.45) is 3.94. The van der Waals surface area contributed by atoms with Gasteiger partial charge in [0.05, 0.1) is 0 Å². The van der Waals surface area contributed by atoms with Gasteiger partial charge in [-0.2, -0.15) is 0 Å². The molecule has 5 aromatic carbocycles. The van der Waals surface area contributed by atoms with Gasteiger partial charge in [-0.05, 0) is 73.3 Å². The van der Waals surface area contributed by atoms with Crippen molar-refractivity contribution in [3.8, 4) is 11.1 Å². The lowest BCUT2D eigenvalue weighted by molar-refractivity contribution is 0.590. The summed E-state index contributed by atoms with van der Waals surface area (Å²) in [5.74, 6) is 0. The van der Waals surface area contributed by atoms with Crippen LogP contribution in [0.15, 0.2) is 119 Å². The minimum atomic E-state index is 0.149. The van der Waals surface area contributed by atoms with E-state index in [0.29, 0.717) is 0 Å². The predicted octanol–water partition coefficient (Wildman–Crippen LogP) is 9.66.